The molecule has 1 atom stereocenters. The van der Waals surface area contributed by atoms with Crippen LogP contribution in [0, 0.1) is 12.8 Å². The second kappa shape index (κ2) is 7.66. The van der Waals surface area contributed by atoms with Gasteiger partial charge in [-0.25, -0.2) is 0 Å². The van der Waals surface area contributed by atoms with Crippen molar-refractivity contribution in [3.05, 3.63) is 17.0 Å². The van der Waals surface area contributed by atoms with Crippen LogP contribution >= 0.6 is 0 Å². The molecule has 3 rings (SSSR count). The Labute approximate surface area is 155 Å². The van der Waals surface area contributed by atoms with Gasteiger partial charge in [0.2, 0.25) is 0 Å². The van der Waals surface area contributed by atoms with E-state index < -0.39 is 10.2 Å². The van der Waals surface area contributed by atoms with Crippen molar-refractivity contribution >= 4 is 16.2 Å². The van der Waals surface area contributed by atoms with E-state index in [1.807, 2.05) is 18.7 Å². The van der Waals surface area contributed by atoms with Crippen molar-refractivity contribution in [1.29, 1.82) is 0 Å². The van der Waals surface area contributed by atoms with Gasteiger partial charge < -0.3 is 4.74 Å². The van der Waals surface area contributed by atoms with Crippen molar-refractivity contribution in [2.45, 2.75) is 52.0 Å². The summed E-state index contributed by atoms with van der Waals surface area (Å²) in [7, 11) is -1.69. The molecule has 146 valence electrons. The lowest BCUT2D eigenvalue weighted by atomic mass is 9.92. The monoisotopic (exact) mass is 384 g/mol. The van der Waals surface area contributed by atoms with E-state index in [2.05, 4.69) is 9.82 Å². The SMILES string of the molecule is CCOC(=O)C1CCN(S(=O)(=O)NC2CCCc3c2c(C)nn3C)CC1. The minimum Gasteiger partial charge on any atom is -0.466 e. The smallest absolute Gasteiger partial charge is 0.309 e. The van der Waals surface area contributed by atoms with Gasteiger partial charge in [0.15, 0.2) is 0 Å². The summed E-state index contributed by atoms with van der Waals surface area (Å²) in [4.78, 5) is 11.8. The number of ether oxygens (including phenoxy) is 1. The summed E-state index contributed by atoms with van der Waals surface area (Å²) in [5.41, 5.74) is 3.02. The number of esters is 1. The summed E-state index contributed by atoms with van der Waals surface area (Å²) in [6.45, 7) is 4.73. The molecule has 0 amide bonds. The van der Waals surface area contributed by atoms with Crippen molar-refractivity contribution in [2.24, 2.45) is 13.0 Å². The Morgan fingerprint density at radius 1 is 1.31 bits per heavy atom. The molecule has 1 N–H and O–H groups in total. The molecule has 1 unspecified atom stereocenters. The lowest BCUT2D eigenvalue weighted by molar-refractivity contribution is -0.149. The highest BCUT2D eigenvalue weighted by atomic mass is 32.2. The summed E-state index contributed by atoms with van der Waals surface area (Å²) in [5.74, 6) is -0.427. The standard InChI is InChI=1S/C17H28N4O4S/c1-4-25-17(22)13-8-10-21(11-9-13)26(23,24)19-14-6-5-7-15-16(14)12(2)18-20(15)3/h13-14,19H,4-11H2,1-3H3. The van der Waals surface area contributed by atoms with Gasteiger partial charge in [-0.05, 0) is 46.0 Å². The third-order valence-electron chi connectivity index (χ3n) is 5.35. The quantitative estimate of drug-likeness (QED) is 0.771. The van der Waals surface area contributed by atoms with E-state index >= 15 is 0 Å². The number of nitrogens with zero attached hydrogens (tertiary/aromatic N) is 3. The van der Waals surface area contributed by atoms with Crippen LogP contribution in [0.5, 0.6) is 0 Å². The van der Waals surface area contributed by atoms with E-state index in [-0.39, 0.29) is 17.9 Å². The van der Waals surface area contributed by atoms with E-state index in [1.54, 1.807) is 6.92 Å². The van der Waals surface area contributed by atoms with E-state index in [0.717, 1.165) is 36.2 Å². The lowest BCUT2D eigenvalue weighted by Crippen LogP contribution is -2.47. The molecule has 0 saturated carbocycles. The Morgan fingerprint density at radius 2 is 2.00 bits per heavy atom. The first-order chi connectivity index (χ1) is 12.3. The van der Waals surface area contributed by atoms with E-state index in [4.69, 9.17) is 4.74 Å². The van der Waals surface area contributed by atoms with Crippen LogP contribution in [0.1, 0.15) is 55.6 Å². The highest BCUT2D eigenvalue weighted by Gasteiger charge is 2.35. The van der Waals surface area contributed by atoms with Crippen molar-refractivity contribution in [3.8, 4) is 0 Å². The van der Waals surface area contributed by atoms with Gasteiger partial charge in [0.05, 0.1) is 24.3 Å². The first-order valence-electron chi connectivity index (χ1n) is 9.30. The fourth-order valence-electron chi connectivity index (χ4n) is 4.05. The van der Waals surface area contributed by atoms with Crippen LogP contribution in [0.3, 0.4) is 0 Å². The molecule has 0 aromatic carbocycles. The Balaban J connectivity index is 1.67. The molecule has 2 aliphatic rings. The Hall–Kier alpha value is -1.45. The summed E-state index contributed by atoms with van der Waals surface area (Å²) >= 11 is 0. The van der Waals surface area contributed by atoms with Gasteiger partial charge in [0.1, 0.15) is 0 Å². The molecule has 1 fully saturated rings. The molecule has 8 nitrogen and oxygen atoms in total. The van der Waals surface area contributed by atoms with Crippen LogP contribution in [0.2, 0.25) is 0 Å². The molecule has 1 aliphatic carbocycles. The van der Waals surface area contributed by atoms with Crippen molar-refractivity contribution in [3.63, 3.8) is 0 Å². The molecule has 1 aliphatic heterocycles. The number of aromatic nitrogens is 2. The largest absolute Gasteiger partial charge is 0.466 e. The topological polar surface area (TPSA) is 93.5 Å². The Morgan fingerprint density at radius 3 is 2.65 bits per heavy atom. The fraction of sp³-hybridized carbons (Fsp3) is 0.765. The first kappa shape index (κ1) is 19.3. The average molecular weight is 385 g/mol. The maximum atomic E-state index is 12.9. The van der Waals surface area contributed by atoms with Crippen molar-refractivity contribution in [2.75, 3.05) is 19.7 Å². The molecule has 0 spiro atoms. The Kier molecular flexibility index (Phi) is 5.69. The number of hydrogen-bond acceptors (Lipinski definition) is 5. The number of fused-ring (bicyclic) bond motifs is 1. The summed E-state index contributed by atoms with van der Waals surface area (Å²) in [6, 6.07) is -0.236. The molecule has 1 saturated heterocycles. The van der Waals surface area contributed by atoms with Gasteiger partial charge in [-0.15, -0.1) is 0 Å². The van der Waals surface area contributed by atoms with E-state index in [0.29, 0.717) is 32.5 Å². The van der Waals surface area contributed by atoms with Gasteiger partial charge in [-0.1, -0.05) is 0 Å². The van der Waals surface area contributed by atoms with Crippen LogP contribution < -0.4 is 4.72 Å². The molecule has 0 radical (unpaired) electrons. The minimum atomic E-state index is -3.60. The number of carbonyl (C=O) groups is 1. The van der Waals surface area contributed by atoms with Gasteiger partial charge in [-0.3, -0.25) is 9.48 Å². The zero-order valence-corrected chi connectivity index (χ0v) is 16.5. The number of hydrogen-bond donors (Lipinski definition) is 1. The number of aryl methyl sites for hydroxylation is 2. The third kappa shape index (κ3) is 3.79. The van der Waals surface area contributed by atoms with E-state index in [9.17, 15) is 13.2 Å². The third-order valence-corrected chi connectivity index (χ3v) is 6.98. The predicted molar refractivity (Wildman–Crippen MR) is 96.6 cm³/mol. The van der Waals surface area contributed by atoms with Crippen LogP contribution in [-0.4, -0.2) is 48.2 Å². The maximum Gasteiger partial charge on any atom is 0.309 e. The first-order valence-corrected chi connectivity index (χ1v) is 10.7. The normalized spacial score (nSPS) is 22.2. The molecular formula is C17H28N4O4S. The molecule has 26 heavy (non-hydrogen) atoms. The van der Waals surface area contributed by atoms with Crippen LogP contribution in [0.4, 0.5) is 0 Å². The number of piperidine rings is 1. The summed E-state index contributed by atoms with van der Waals surface area (Å²) < 4.78 is 36.9. The number of rotatable bonds is 5. The second-order valence-electron chi connectivity index (χ2n) is 7.06. The van der Waals surface area contributed by atoms with Crippen LogP contribution in [-0.2, 0) is 33.2 Å². The molecule has 0 bridgehead atoms. The lowest BCUT2D eigenvalue weighted by Gasteiger charge is -2.32. The summed E-state index contributed by atoms with van der Waals surface area (Å²) in [6.07, 6.45) is 3.64. The average Bonchev–Trinajstić information content (AvgIpc) is 2.90. The predicted octanol–water partition coefficient (Wildman–Crippen LogP) is 1.22. The second-order valence-corrected chi connectivity index (χ2v) is 8.76. The van der Waals surface area contributed by atoms with Crippen LogP contribution in [0.15, 0.2) is 0 Å². The molecule has 1 aromatic heterocycles. The van der Waals surface area contributed by atoms with Gasteiger partial charge >= 0.3 is 5.97 Å². The Bertz CT molecular complexity index is 766. The van der Waals surface area contributed by atoms with Gasteiger partial charge in [-0.2, -0.15) is 22.5 Å². The highest BCUT2D eigenvalue weighted by Crippen LogP contribution is 2.33. The molecule has 2 heterocycles. The van der Waals surface area contributed by atoms with E-state index in [1.165, 1.54) is 4.31 Å². The zero-order valence-electron chi connectivity index (χ0n) is 15.7. The maximum absolute atomic E-state index is 12.9. The summed E-state index contributed by atoms with van der Waals surface area (Å²) in [5, 5.41) is 4.45. The number of nitrogens with one attached hydrogen (secondary N) is 1. The number of carbonyl (C=O) groups excluding carboxylic acids is 1. The molecular weight excluding hydrogens is 356 g/mol. The minimum absolute atomic E-state index is 0.205. The van der Waals surface area contributed by atoms with Crippen molar-refractivity contribution in [1.82, 2.24) is 18.8 Å². The molecule has 9 heteroatoms. The van der Waals surface area contributed by atoms with Crippen molar-refractivity contribution < 1.29 is 17.9 Å². The van der Waals surface area contributed by atoms with Gasteiger partial charge in [0, 0.05) is 31.4 Å². The highest BCUT2D eigenvalue weighted by molar-refractivity contribution is 7.87. The van der Waals surface area contributed by atoms with Crippen LogP contribution in [0.25, 0.3) is 0 Å². The fourth-order valence-corrected chi connectivity index (χ4v) is 5.49. The molecule has 1 aromatic rings. The van der Waals surface area contributed by atoms with Gasteiger partial charge in [0.25, 0.3) is 10.2 Å². The zero-order chi connectivity index (χ0) is 18.9.